The topological polar surface area (TPSA) is 43.4 Å². The van der Waals surface area contributed by atoms with Crippen molar-refractivity contribution in [2.45, 2.75) is 54.9 Å². The van der Waals surface area contributed by atoms with Crippen LogP contribution in [0.5, 0.6) is 5.75 Å². The Kier molecular flexibility index (Phi) is 7.64. The summed E-state index contributed by atoms with van der Waals surface area (Å²) in [4.78, 5) is 0. The Morgan fingerprint density at radius 3 is 1.88 bits per heavy atom. The molecule has 0 radical (unpaired) electrons. The molecule has 0 N–H and O–H groups in total. The predicted molar refractivity (Wildman–Crippen MR) is 127 cm³/mol. The minimum atomic E-state index is -7.40. The first-order valence-electron chi connectivity index (χ1n) is 11.9. The van der Waals surface area contributed by atoms with Crippen LogP contribution in [0.3, 0.4) is 0 Å². The fourth-order valence-electron chi connectivity index (χ4n) is 4.86. The minimum absolute atomic E-state index is 0.228. The van der Waals surface area contributed by atoms with E-state index in [4.69, 9.17) is 0 Å². The van der Waals surface area contributed by atoms with Gasteiger partial charge in [0, 0.05) is 5.92 Å². The summed E-state index contributed by atoms with van der Waals surface area (Å²) in [6, 6.07) is 15.4. The van der Waals surface area contributed by atoms with Crippen molar-refractivity contribution in [1.82, 2.24) is 0 Å². The van der Waals surface area contributed by atoms with Crippen molar-refractivity contribution in [2.24, 2.45) is 0 Å². The smallest absolute Gasteiger partial charge is 0.378 e. The summed E-state index contributed by atoms with van der Waals surface area (Å²) in [5.41, 5.74) is 4.07. The Balaban J connectivity index is 1.68. The van der Waals surface area contributed by atoms with Crippen LogP contribution in [0, 0.1) is 12.7 Å². The highest BCUT2D eigenvalue weighted by Crippen LogP contribution is 2.55. The maximum atomic E-state index is 14.1. The van der Waals surface area contributed by atoms with E-state index in [2.05, 4.69) is 4.18 Å². The Morgan fingerprint density at radius 1 is 0.756 bits per heavy atom. The number of hydrogen-bond acceptors (Lipinski definition) is 3. The fourth-order valence-corrected chi connectivity index (χ4v) is 5.77. The molecule has 0 aliphatic heterocycles. The highest BCUT2D eigenvalue weighted by Gasteiger charge is 2.86. The van der Waals surface area contributed by atoms with E-state index in [9.17, 15) is 52.3 Å². The van der Waals surface area contributed by atoms with Gasteiger partial charge in [-0.1, -0.05) is 48.0 Å². The van der Waals surface area contributed by atoms with E-state index >= 15 is 0 Å². The van der Waals surface area contributed by atoms with Gasteiger partial charge in [0.2, 0.25) is 0 Å². The lowest BCUT2D eigenvalue weighted by Crippen LogP contribution is -2.63. The SMILES string of the molecule is Cc1ccc2c(c1)CC[C@H](c1ccc(F)cc1)[C@@H]2c1ccc(OS(=O)(=O)C(F)(F)C(F)(F)C(F)(F)C(F)(F)F)cc1. The molecule has 4 rings (SSSR count). The van der Waals surface area contributed by atoms with Crippen LogP contribution >= 0.6 is 0 Å². The molecule has 0 unspecified atom stereocenters. The molecule has 3 aromatic carbocycles. The molecule has 0 amide bonds. The van der Waals surface area contributed by atoms with Crippen molar-refractivity contribution >= 4 is 10.1 Å². The van der Waals surface area contributed by atoms with Crippen LogP contribution in [0.1, 0.15) is 46.1 Å². The minimum Gasteiger partial charge on any atom is -0.378 e. The van der Waals surface area contributed by atoms with E-state index in [0.717, 1.165) is 34.4 Å². The van der Waals surface area contributed by atoms with Crippen LogP contribution < -0.4 is 4.18 Å². The number of halogens is 10. The van der Waals surface area contributed by atoms with E-state index in [-0.39, 0.29) is 5.92 Å². The number of aryl methyl sites for hydroxylation is 2. The van der Waals surface area contributed by atoms with Gasteiger partial charge < -0.3 is 4.18 Å². The Labute approximate surface area is 227 Å². The third kappa shape index (κ3) is 5.26. The first kappa shape index (κ1) is 30.7. The molecular weight excluding hydrogens is 594 g/mol. The van der Waals surface area contributed by atoms with Crippen molar-refractivity contribution in [2.75, 3.05) is 0 Å². The van der Waals surface area contributed by atoms with Gasteiger partial charge in [-0.3, -0.25) is 0 Å². The second kappa shape index (κ2) is 10.2. The maximum Gasteiger partial charge on any atom is 0.460 e. The van der Waals surface area contributed by atoms with Gasteiger partial charge in [-0.05, 0) is 72.2 Å². The second-order valence-electron chi connectivity index (χ2n) is 9.65. The van der Waals surface area contributed by atoms with E-state index in [1.54, 1.807) is 12.1 Å². The summed E-state index contributed by atoms with van der Waals surface area (Å²) >= 11 is 0. The van der Waals surface area contributed by atoms with E-state index in [1.165, 1.54) is 24.3 Å². The molecule has 0 spiro atoms. The Bertz CT molecular complexity index is 1520. The number of rotatable bonds is 7. The zero-order chi connectivity index (χ0) is 30.6. The molecular formula is C27H20F10O3S. The van der Waals surface area contributed by atoms with Crippen LogP contribution in [0.4, 0.5) is 43.9 Å². The van der Waals surface area contributed by atoms with Gasteiger partial charge in [0.15, 0.2) is 0 Å². The number of fused-ring (bicyclic) bond motifs is 1. The highest BCUT2D eigenvalue weighted by atomic mass is 32.2. The molecule has 14 heteroatoms. The van der Waals surface area contributed by atoms with Gasteiger partial charge in [-0.2, -0.15) is 47.9 Å². The standard InChI is InChI=1S/C27H20F10O3S/c1-15-2-12-22-18(14-15)7-13-21(16-3-8-19(28)9-4-16)23(22)17-5-10-20(11-6-17)40-41(38,39)27(36,37)25(31,32)24(29,30)26(33,34)35/h2-6,8-12,14,21,23H,7,13H2,1H3/t21-,23+/m1/s1. The molecule has 2 atom stereocenters. The number of benzene rings is 3. The number of alkyl halides is 9. The molecule has 1 aliphatic rings. The second-order valence-corrected chi connectivity index (χ2v) is 11.2. The van der Waals surface area contributed by atoms with Crippen LogP contribution in [-0.4, -0.2) is 31.7 Å². The monoisotopic (exact) mass is 614 g/mol. The quantitative estimate of drug-likeness (QED) is 0.200. The Hall–Kier alpha value is -3.29. The fraction of sp³-hybridized carbons (Fsp3) is 0.333. The summed E-state index contributed by atoms with van der Waals surface area (Å²) in [6.45, 7) is 1.89. The molecule has 3 aromatic rings. The molecule has 1 aliphatic carbocycles. The Morgan fingerprint density at radius 2 is 1.32 bits per heavy atom. The highest BCUT2D eigenvalue weighted by molar-refractivity contribution is 7.88. The van der Waals surface area contributed by atoms with Crippen molar-refractivity contribution in [3.05, 3.63) is 100 Å². The zero-order valence-corrected chi connectivity index (χ0v) is 21.6. The molecule has 0 heterocycles. The summed E-state index contributed by atoms with van der Waals surface area (Å²) in [6.07, 6.45) is -5.91. The molecule has 0 fully saturated rings. The molecule has 0 bridgehead atoms. The van der Waals surface area contributed by atoms with Crippen molar-refractivity contribution in [3.8, 4) is 5.75 Å². The molecule has 0 saturated heterocycles. The average molecular weight is 615 g/mol. The number of hydrogen-bond donors (Lipinski definition) is 0. The van der Waals surface area contributed by atoms with Gasteiger partial charge >= 0.3 is 33.4 Å². The normalized spacial score (nSPS) is 18.6. The molecule has 41 heavy (non-hydrogen) atoms. The lowest BCUT2D eigenvalue weighted by atomic mass is 9.69. The first-order valence-corrected chi connectivity index (χ1v) is 13.3. The van der Waals surface area contributed by atoms with Gasteiger partial charge in [-0.25, -0.2) is 4.39 Å². The predicted octanol–water partition coefficient (Wildman–Crippen LogP) is 8.13. The summed E-state index contributed by atoms with van der Waals surface area (Å²) < 4.78 is 160. The van der Waals surface area contributed by atoms with E-state index in [1.807, 2.05) is 25.1 Å². The van der Waals surface area contributed by atoms with Gasteiger partial charge in [0.25, 0.3) is 0 Å². The van der Waals surface area contributed by atoms with E-state index in [0.29, 0.717) is 18.4 Å². The van der Waals surface area contributed by atoms with Crippen LogP contribution in [-0.2, 0) is 16.5 Å². The van der Waals surface area contributed by atoms with Crippen molar-refractivity contribution in [3.63, 3.8) is 0 Å². The molecule has 222 valence electrons. The third-order valence-electron chi connectivity index (χ3n) is 6.93. The summed E-state index contributed by atoms with van der Waals surface area (Å²) in [5, 5.41) is -6.97. The lowest BCUT2D eigenvalue weighted by molar-refractivity contribution is -0.382. The molecule has 0 saturated carbocycles. The zero-order valence-electron chi connectivity index (χ0n) is 20.8. The summed E-state index contributed by atoms with van der Waals surface area (Å²) in [7, 11) is -7.06. The van der Waals surface area contributed by atoms with Gasteiger partial charge in [-0.15, -0.1) is 0 Å². The van der Waals surface area contributed by atoms with Gasteiger partial charge in [0.05, 0.1) is 0 Å². The van der Waals surface area contributed by atoms with Crippen LogP contribution in [0.25, 0.3) is 0 Å². The van der Waals surface area contributed by atoms with Crippen LogP contribution in [0.2, 0.25) is 0 Å². The molecule has 0 aromatic heterocycles. The summed E-state index contributed by atoms with van der Waals surface area (Å²) in [5.74, 6) is -16.9. The van der Waals surface area contributed by atoms with E-state index < -0.39 is 50.9 Å². The van der Waals surface area contributed by atoms with Crippen molar-refractivity contribution < 1.29 is 56.5 Å². The average Bonchev–Trinajstić information content (AvgIpc) is 2.88. The molecule has 3 nitrogen and oxygen atoms in total. The van der Waals surface area contributed by atoms with Gasteiger partial charge in [0.1, 0.15) is 11.6 Å². The maximum absolute atomic E-state index is 14.1. The first-order chi connectivity index (χ1) is 18.8. The third-order valence-corrected chi connectivity index (χ3v) is 8.23. The largest absolute Gasteiger partial charge is 0.460 e. The van der Waals surface area contributed by atoms with Crippen LogP contribution in [0.15, 0.2) is 66.7 Å². The van der Waals surface area contributed by atoms with Crippen molar-refractivity contribution in [1.29, 1.82) is 0 Å². The lowest BCUT2D eigenvalue weighted by Gasteiger charge is -2.35.